The second-order valence-electron chi connectivity index (χ2n) is 8.87. The van der Waals surface area contributed by atoms with Gasteiger partial charge >= 0.3 is 6.03 Å². The summed E-state index contributed by atoms with van der Waals surface area (Å²) in [5, 5.41) is 15.7. The molecule has 1 heterocycles. The standard InChI is InChI=1S/C24H24F3N3O2/c25-15-3-1-13(2-4-15)22-21(17-9-16(26)10-18(27)23(17)30-22)14-7-12(8-14)11-28-24(32)29-19-5-6-20(19)31/h1-4,9-10,12,14,19-20,30-31H,5-8,11H2,(H2,28,29,32)/t12-,14-,19-,20+/m0/s1. The molecule has 4 N–H and O–H groups in total. The van der Waals surface area contributed by atoms with Crippen LogP contribution in [0.3, 0.4) is 0 Å². The first-order valence-electron chi connectivity index (χ1n) is 10.9. The van der Waals surface area contributed by atoms with Gasteiger partial charge in [-0.2, -0.15) is 0 Å². The highest BCUT2D eigenvalue weighted by Gasteiger charge is 2.35. The quantitative estimate of drug-likeness (QED) is 0.466. The van der Waals surface area contributed by atoms with Crippen molar-refractivity contribution in [1.82, 2.24) is 15.6 Å². The molecule has 0 radical (unpaired) electrons. The number of aliphatic hydroxyl groups excluding tert-OH is 1. The Bertz CT molecular complexity index is 1160. The van der Waals surface area contributed by atoms with Gasteiger partial charge in [0.05, 0.1) is 23.4 Å². The van der Waals surface area contributed by atoms with Crippen molar-refractivity contribution in [2.45, 2.75) is 43.7 Å². The largest absolute Gasteiger partial charge is 0.391 e. The van der Waals surface area contributed by atoms with Crippen molar-refractivity contribution in [3.63, 3.8) is 0 Å². The Morgan fingerprint density at radius 3 is 2.47 bits per heavy atom. The van der Waals surface area contributed by atoms with Crippen LogP contribution in [0.4, 0.5) is 18.0 Å². The Morgan fingerprint density at radius 1 is 1.06 bits per heavy atom. The van der Waals surface area contributed by atoms with Gasteiger partial charge in [0.1, 0.15) is 17.5 Å². The second-order valence-corrected chi connectivity index (χ2v) is 8.87. The Kier molecular flexibility index (Phi) is 5.33. The zero-order valence-electron chi connectivity index (χ0n) is 17.3. The molecule has 1 aromatic heterocycles. The lowest BCUT2D eigenvalue weighted by atomic mass is 9.70. The Hall–Kier alpha value is -3.00. The average Bonchev–Trinajstić information content (AvgIpc) is 3.09. The Balaban J connectivity index is 1.33. The van der Waals surface area contributed by atoms with E-state index >= 15 is 0 Å². The summed E-state index contributed by atoms with van der Waals surface area (Å²) < 4.78 is 41.9. The Morgan fingerprint density at radius 2 is 1.81 bits per heavy atom. The number of nitrogens with one attached hydrogen (secondary N) is 3. The zero-order valence-corrected chi connectivity index (χ0v) is 17.3. The van der Waals surface area contributed by atoms with Crippen LogP contribution in [0.2, 0.25) is 0 Å². The molecular formula is C24H24F3N3O2. The van der Waals surface area contributed by atoms with Gasteiger partial charge in [0.2, 0.25) is 0 Å². The number of aromatic nitrogens is 1. The van der Waals surface area contributed by atoms with E-state index in [1.807, 2.05) is 0 Å². The highest BCUT2D eigenvalue weighted by atomic mass is 19.1. The van der Waals surface area contributed by atoms with Gasteiger partial charge in [0.25, 0.3) is 0 Å². The smallest absolute Gasteiger partial charge is 0.315 e. The van der Waals surface area contributed by atoms with E-state index in [2.05, 4.69) is 15.6 Å². The Labute approximate surface area is 183 Å². The second kappa shape index (κ2) is 8.16. The average molecular weight is 443 g/mol. The van der Waals surface area contributed by atoms with Gasteiger partial charge in [-0.1, -0.05) is 0 Å². The predicted molar refractivity (Wildman–Crippen MR) is 115 cm³/mol. The number of carbonyl (C=O) groups is 1. The van der Waals surface area contributed by atoms with Crippen LogP contribution in [-0.4, -0.2) is 34.8 Å². The third-order valence-corrected chi connectivity index (χ3v) is 6.75. The molecule has 2 fully saturated rings. The molecule has 8 heteroatoms. The van der Waals surface area contributed by atoms with E-state index < -0.39 is 17.7 Å². The van der Waals surface area contributed by atoms with Crippen molar-refractivity contribution in [3.05, 3.63) is 59.4 Å². The SMILES string of the molecule is O=C(NC[C@H]1C[C@H](c2c(-c3ccc(F)cc3)[nH]c3c(F)cc(F)cc32)C1)N[C@H]1CC[C@H]1O. The number of carbonyl (C=O) groups excluding carboxylic acids is 1. The number of aliphatic hydroxyl groups is 1. The number of urea groups is 1. The van der Waals surface area contributed by atoms with Crippen molar-refractivity contribution in [3.8, 4) is 11.3 Å². The van der Waals surface area contributed by atoms with Gasteiger partial charge in [-0.15, -0.1) is 0 Å². The highest BCUT2D eigenvalue weighted by molar-refractivity contribution is 5.92. The van der Waals surface area contributed by atoms with Crippen molar-refractivity contribution in [2.24, 2.45) is 5.92 Å². The lowest BCUT2D eigenvalue weighted by molar-refractivity contribution is 0.0546. The van der Waals surface area contributed by atoms with Gasteiger partial charge in [0, 0.05) is 18.0 Å². The molecular weight excluding hydrogens is 419 g/mol. The van der Waals surface area contributed by atoms with Crippen LogP contribution in [-0.2, 0) is 0 Å². The molecule has 3 aromatic rings. The van der Waals surface area contributed by atoms with E-state index in [0.717, 1.165) is 30.9 Å². The van der Waals surface area contributed by atoms with E-state index in [4.69, 9.17) is 0 Å². The third-order valence-electron chi connectivity index (χ3n) is 6.75. The molecule has 0 spiro atoms. The molecule has 2 saturated carbocycles. The zero-order chi connectivity index (χ0) is 22.4. The minimum absolute atomic E-state index is 0.0633. The minimum Gasteiger partial charge on any atom is -0.391 e. The van der Waals surface area contributed by atoms with E-state index in [-0.39, 0.29) is 35.2 Å². The van der Waals surface area contributed by atoms with Crippen LogP contribution in [0.25, 0.3) is 22.2 Å². The summed E-state index contributed by atoms with van der Waals surface area (Å²) in [6, 6.07) is 7.63. The van der Waals surface area contributed by atoms with Gasteiger partial charge in [0.15, 0.2) is 0 Å². The molecule has 2 aliphatic rings. The highest BCUT2D eigenvalue weighted by Crippen LogP contribution is 2.48. The van der Waals surface area contributed by atoms with Crippen LogP contribution >= 0.6 is 0 Å². The summed E-state index contributed by atoms with van der Waals surface area (Å²) in [6.45, 7) is 0.488. The molecule has 2 amide bonds. The molecule has 0 aliphatic heterocycles. The van der Waals surface area contributed by atoms with Gasteiger partial charge in [-0.3, -0.25) is 0 Å². The summed E-state index contributed by atoms with van der Waals surface area (Å²) in [5.41, 5.74) is 2.43. The molecule has 168 valence electrons. The molecule has 2 atom stereocenters. The molecule has 0 bridgehead atoms. The number of halogens is 3. The number of aromatic amines is 1. The lowest BCUT2D eigenvalue weighted by Gasteiger charge is -2.37. The van der Waals surface area contributed by atoms with Crippen molar-refractivity contribution in [1.29, 1.82) is 0 Å². The summed E-state index contributed by atoms with van der Waals surface area (Å²) >= 11 is 0. The number of hydrogen-bond donors (Lipinski definition) is 4. The normalized spacial score (nSPS) is 24.6. The fourth-order valence-corrected chi connectivity index (χ4v) is 4.75. The van der Waals surface area contributed by atoms with E-state index in [9.17, 15) is 23.1 Å². The maximum atomic E-state index is 14.5. The first-order valence-corrected chi connectivity index (χ1v) is 10.9. The third kappa shape index (κ3) is 3.83. The molecule has 5 nitrogen and oxygen atoms in total. The number of hydrogen-bond acceptors (Lipinski definition) is 2. The first kappa shape index (κ1) is 20.9. The van der Waals surface area contributed by atoms with Gasteiger partial charge in [-0.05, 0) is 79.0 Å². The van der Waals surface area contributed by atoms with E-state index in [1.54, 1.807) is 12.1 Å². The fourth-order valence-electron chi connectivity index (χ4n) is 4.75. The van der Waals surface area contributed by atoms with Crippen LogP contribution in [0.15, 0.2) is 36.4 Å². The van der Waals surface area contributed by atoms with Crippen molar-refractivity contribution >= 4 is 16.9 Å². The van der Waals surface area contributed by atoms with Crippen molar-refractivity contribution < 1.29 is 23.1 Å². The van der Waals surface area contributed by atoms with Gasteiger partial charge in [-0.25, -0.2) is 18.0 Å². The number of fused-ring (bicyclic) bond motifs is 1. The summed E-state index contributed by atoms with van der Waals surface area (Å²) in [6.07, 6.45) is 2.52. The monoisotopic (exact) mass is 443 g/mol. The summed E-state index contributed by atoms with van der Waals surface area (Å²) in [5.74, 6) is -1.38. The van der Waals surface area contributed by atoms with E-state index in [0.29, 0.717) is 29.6 Å². The van der Waals surface area contributed by atoms with Crippen LogP contribution < -0.4 is 10.6 Å². The molecule has 2 aromatic carbocycles. The molecule has 32 heavy (non-hydrogen) atoms. The first-order chi connectivity index (χ1) is 15.4. The minimum atomic E-state index is -0.665. The number of amides is 2. The van der Waals surface area contributed by atoms with Crippen LogP contribution in [0.5, 0.6) is 0 Å². The fraction of sp³-hybridized carbons (Fsp3) is 0.375. The topological polar surface area (TPSA) is 77.2 Å². The summed E-state index contributed by atoms with van der Waals surface area (Å²) in [7, 11) is 0. The maximum absolute atomic E-state index is 14.5. The van der Waals surface area contributed by atoms with Gasteiger partial charge < -0.3 is 20.7 Å². The molecule has 5 rings (SSSR count). The molecule has 0 unspecified atom stereocenters. The number of rotatable bonds is 5. The maximum Gasteiger partial charge on any atom is 0.315 e. The lowest BCUT2D eigenvalue weighted by Crippen LogP contribution is -2.53. The predicted octanol–water partition coefficient (Wildman–Crippen LogP) is 4.57. The number of H-pyrrole nitrogens is 1. The molecule has 0 saturated heterocycles. The molecule has 2 aliphatic carbocycles. The van der Waals surface area contributed by atoms with Crippen LogP contribution in [0.1, 0.15) is 37.2 Å². The number of benzene rings is 2. The van der Waals surface area contributed by atoms with Crippen molar-refractivity contribution in [2.75, 3.05) is 6.54 Å². The van der Waals surface area contributed by atoms with E-state index in [1.165, 1.54) is 18.2 Å². The van der Waals surface area contributed by atoms with Crippen LogP contribution in [0, 0.1) is 23.4 Å². The summed E-state index contributed by atoms with van der Waals surface area (Å²) in [4.78, 5) is 15.1.